The van der Waals surface area contributed by atoms with Gasteiger partial charge in [0.25, 0.3) is 0 Å². The third-order valence-corrected chi connectivity index (χ3v) is 5.46. The van der Waals surface area contributed by atoms with Gasteiger partial charge in [-0.2, -0.15) is 0 Å². The van der Waals surface area contributed by atoms with Crippen molar-refractivity contribution in [2.45, 2.75) is 38.3 Å². The Morgan fingerprint density at radius 2 is 2.07 bits per heavy atom. The van der Waals surface area contributed by atoms with Gasteiger partial charge in [-0.15, -0.1) is 0 Å². The van der Waals surface area contributed by atoms with Crippen molar-refractivity contribution >= 4 is 5.97 Å². The Balaban J connectivity index is 1.43. The molecular formula is C20H24N4O3. The molecule has 1 fully saturated rings. The monoisotopic (exact) mass is 368 g/mol. The molecule has 1 saturated heterocycles. The maximum atomic E-state index is 11.5. The molecule has 2 aromatic heterocycles. The van der Waals surface area contributed by atoms with Crippen LogP contribution >= 0.6 is 0 Å². The number of pyridine rings is 1. The third kappa shape index (κ3) is 3.57. The van der Waals surface area contributed by atoms with E-state index in [0.717, 1.165) is 62.6 Å². The summed E-state index contributed by atoms with van der Waals surface area (Å²) in [4.78, 5) is 27.2. The van der Waals surface area contributed by atoms with E-state index in [1.807, 2.05) is 19.2 Å². The van der Waals surface area contributed by atoms with Crippen molar-refractivity contribution in [3.05, 3.63) is 52.9 Å². The first-order chi connectivity index (χ1) is 13.1. The van der Waals surface area contributed by atoms with E-state index in [2.05, 4.69) is 14.9 Å². The van der Waals surface area contributed by atoms with Gasteiger partial charge in [0, 0.05) is 32.0 Å². The number of hydrogen-bond acceptors (Lipinski definition) is 7. The van der Waals surface area contributed by atoms with Crippen molar-refractivity contribution in [3.63, 3.8) is 0 Å². The summed E-state index contributed by atoms with van der Waals surface area (Å²) in [7, 11) is 1.36. The molecule has 7 nitrogen and oxygen atoms in total. The summed E-state index contributed by atoms with van der Waals surface area (Å²) in [6.45, 7) is 5.34. The molecule has 2 aliphatic heterocycles. The lowest BCUT2D eigenvalue weighted by molar-refractivity contribution is -0.102. The van der Waals surface area contributed by atoms with Crippen LogP contribution in [0.5, 0.6) is 0 Å². The molecule has 1 spiro atoms. The normalized spacial score (nSPS) is 18.9. The number of aryl methyl sites for hydroxylation is 1. The highest BCUT2D eigenvalue weighted by Crippen LogP contribution is 2.40. The SMILES string of the molecule is COC(=O)c1ccc(CN2CCC3(CC2)OCCc2cnc(C)nc23)cn1. The third-order valence-electron chi connectivity index (χ3n) is 5.46. The lowest BCUT2D eigenvalue weighted by Gasteiger charge is -2.44. The second-order valence-corrected chi connectivity index (χ2v) is 7.20. The van der Waals surface area contributed by atoms with Crippen LogP contribution in [0, 0.1) is 6.92 Å². The van der Waals surface area contributed by atoms with E-state index in [0.29, 0.717) is 5.69 Å². The average molecular weight is 368 g/mol. The molecule has 0 radical (unpaired) electrons. The molecule has 0 N–H and O–H groups in total. The topological polar surface area (TPSA) is 77.4 Å². The van der Waals surface area contributed by atoms with Crippen molar-refractivity contribution in [2.75, 3.05) is 26.8 Å². The second kappa shape index (κ2) is 7.32. The molecule has 142 valence electrons. The molecule has 2 aromatic rings. The predicted molar refractivity (Wildman–Crippen MR) is 98.2 cm³/mol. The van der Waals surface area contributed by atoms with Gasteiger partial charge in [-0.1, -0.05) is 6.07 Å². The largest absolute Gasteiger partial charge is 0.464 e. The van der Waals surface area contributed by atoms with Crippen LogP contribution in [0.1, 0.15) is 46.0 Å². The van der Waals surface area contributed by atoms with Crippen LogP contribution in [-0.2, 0) is 28.0 Å². The van der Waals surface area contributed by atoms with Crippen molar-refractivity contribution in [3.8, 4) is 0 Å². The minimum atomic E-state index is -0.410. The van der Waals surface area contributed by atoms with Crippen LogP contribution in [0.3, 0.4) is 0 Å². The molecule has 7 heteroatoms. The van der Waals surface area contributed by atoms with E-state index in [1.165, 1.54) is 12.7 Å². The number of ether oxygens (including phenoxy) is 2. The molecule has 0 saturated carbocycles. The van der Waals surface area contributed by atoms with E-state index in [9.17, 15) is 4.79 Å². The van der Waals surface area contributed by atoms with E-state index in [-0.39, 0.29) is 5.60 Å². The Kier molecular flexibility index (Phi) is 4.88. The lowest BCUT2D eigenvalue weighted by atomic mass is 9.83. The number of piperidine rings is 1. The fraction of sp³-hybridized carbons (Fsp3) is 0.500. The molecule has 0 aliphatic carbocycles. The maximum absolute atomic E-state index is 11.5. The van der Waals surface area contributed by atoms with Gasteiger partial charge >= 0.3 is 5.97 Å². The van der Waals surface area contributed by atoms with Crippen LogP contribution in [-0.4, -0.2) is 52.6 Å². The van der Waals surface area contributed by atoms with Gasteiger partial charge in [0.2, 0.25) is 0 Å². The van der Waals surface area contributed by atoms with Gasteiger partial charge in [-0.3, -0.25) is 4.90 Å². The molecule has 0 aromatic carbocycles. The molecule has 2 aliphatic rings. The average Bonchev–Trinajstić information content (AvgIpc) is 2.70. The van der Waals surface area contributed by atoms with Crippen molar-refractivity contribution in [2.24, 2.45) is 0 Å². The highest BCUT2D eigenvalue weighted by molar-refractivity contribution is 5.86. The summed E-state index contributed by atoms with van der Waals surface area (Å²) in [6, 6.07) is 3.65. The molecule has 4 rings (SSSR count). The highest BCUT2D eigenvalue weighted by atomic mass is 16.5. The summed E-state index contributed by atoms with van der Waals surface area (Å²) < 4.78 is 11.0. The van der Waals surface area contributed by atoms with Crippen LogP contribution in [0.2, 0.25) is 0 Å². The first-order valence-corrected chi connectivity index (χ1v) is 9.32. The zero-order valence-corrected chi connectivity index (χ0v) is 15.8. The number of nitrogens with zero attached hydrogens (tertiary/aromatic N) is 4. The smallest absolute Gasteiger partial charge is 0.356 e. The summed E-state index contributed by atoms with van der Waals surface area (Å²) in [5, 5.41) is 0. The number of carbonyl (C=O) groups excluding carboxylic acids is 1. The highest BCUT2D eigenvalue weighted by Gasteiger charge is 2.42. The standard InChI is InChI=1S/C20H24N4O3/c1-14-21-12-16-5-10-27-20(18(16)23-14)6-8-24(9-7-20)13-15-3-4-17(22-11-15)19(25)26-2/h3-4,11-12H,5-10,13H2,1-2H3. The van der Waals surface area contributed by atoms with Gasteiger partial charge in [-0.25, -0.2) is 19.7 Å². The molecule has 0 atom stereocenters. The second-order valence-electron chi connectivity index (χ2n) is 7.20. The Bertz CT molecular complexity index is 830. The molecule has 0 bridgehead atoms. The maximum Gasteiger partial charge on any atom is 0.356 e. The summed E-state index contributed by atoms with van der Waals surface area (Å²) >= 11 is 0. The number of aromatic nitrogens is 3. The molecule has 4 heterocycles. The van der Waals surface area contributed by atoms with Crippen molar-refractivity contribution < 1.29 is 14.3 Å². The fourth-order valence-corrected chi connectivity index (χ4v) is 3.95. The number of likely N-dealkylation sites (tertiary alicyclic amines) is 1. The molecule has 0 unspecified atom stereocenters. The van der Waals surface area contributed by atoms with Crippen LogP contribution < -0.4 is 0 Å². The number of esters is 1. The Labute approximate surface area is 158 Å². The summed E-state index contributed by atoms with van der Waals surface area (Å²) in [5.41, 5.74) is 3.46. The van der Waals surface area contributed by atoms with Crippen LogP contribution in [0.4, 0.5) is 0 Å². The van der Waals surface area contributed by atoms with E-state index in [4.69, 9.17) is 14.5 Å². The van der Waals surface area contributed by atoms with Crippen molar-refractivity contribution in [1.82, 2.24) is 19.9 Å². The zero-order valence-electron chi connectivity index (χ0n) is 15.8. The van der Waals surface area contributed by atoms with Gasteiger partial charge in [0.05, 0.1) is 19.4 Å². The van der Waals surface area contributed by atoms with Crippen LogP contribution in [0.25, 0.3) is 0 Å². The summed E-state index contributed by atoms with van der Waals surface area (Å²) in [6.07, 6.45) is 6.44. The van der Waals surface area contributed by atoms with Gasteiger partial charge < -0.3 is 9.47 Å². The van der Waals surface area contributed by atoms with Crippen molar-refractivity contribution in [1.29, 1.82) is 0 Å². The van der Waals surface area contributed by atoms with Gasteiger partial charge in [0.15, 0.2) is 0 Å². The number of rotatable bonds is 3. The fourth-order valence-electron chi connectivity index (χ4n) is 3.95. The molecule has 0 amide bonds. The Morgan fingerprint density at radius 3 is 2.78 bits per heavy atom. The first kappa shape index (κ1) is 18.0. The van der Waals surface area contributed by atoms with Gasteiger partial charge in [0.1, 0.15) is 17.1 Å². The van der Waals surface area contributed by atoms with E-state index >= 15 is 0 Å². The lowest BCUT2D eigenvalue weighted by Crippen LogP contribution is -2.47. The number of methoxy groups -OCH3 is 1. The number of hydrogen-bond donors (Lipinski definition) is 0. The molecular weight excluding hydrogens is 344 g/mol. The molecule has 27 heavy (non-hydrogen) atoms. The summed E-state index contributed by atoms with van der Waals surface area (Å²) in [5.74, 6) is 0.393. The minimum Gasteiger partial charge on any atom is -0.464 e. The Hall–Kier alpha value is -2.38. The number of carbonyl (C=O) groups is 1. The first-order valence-electron chi connectivity index (χ1n) is 9.32. The van der Waals surface area contributed by atoms with Gasteiger partial charge in [-0.05, 0) is 43.4 Å². The van der Waals surface area contributed by atoms with Crippen LogP contribution in [0.15, 0.2) is 24.5 Å². The Morgan fingerprint density at radius 1 is 1.26 bits per heavy atom. The van der Waals surface area contributed by atoms with E-state index < -0.39 is 5.97 Å². The predicted octanol–water partition coefficient (Wildman–Crippen LogP) is 2.03. The van der Waals surface area contributed by atoms with E-state index in [1.54, 1.807) is 12.3 Å². The minimum absolute atomic E-state index is 0.273. The zero-order chi connectivity index (χ0) is 18.9. The number of fused-ring (bicyclic) bond motifs is 2. The quantitative estimate of drug-likeness (QED) is 0.767.